The molecular weight excluding hydrogens is 296 g/mol. The molecule has 1 atom stereocenters. The fraction of sp³-hybridized carbons (Fsp3) is 0.900. The van der Waals surface area contributed by atoms with Gasteiger partial charge >= 0.3 is 12.3 Å². The van der Waals surface area contributed by atoms with Crippen LogP contribution in [0.15, 0.2) is 0 Å². The van der Waals surface area contributed by atoms with E-state index in [2.05, 4.69) is 4.74 Å². The van der Waals surface area contributed by atoms with Crippen LogP contribution < -0.4 is 0 Å². The maximum atomic E-state index is 12.4. The van der Waals surface area contributed by atoms with Crippen molar-refractivity contribution in [1.82, 2.24) is 0 Å². The monoisotopic (exact) mass is 310 g/mol. The molecule has 0 aromatic heterocycles. The van der Waals surface area contributed by atoms with Crippen LogP contribution in [0.1, 0.15) is 19.8 Å². The molecule has 0 rings (SSSR count). The van der Waals surface area contributed by atoms with E-state index in [4.69, 9.17) is 11.6 Å². The van der Waals surface area contributed by atoms with Crippen LogP contribution in [0.2, 0.25) is 0 Å². The summed E-state index contributed by atoms with van der Waals surface area (Å²) in [6.07, 6.45) is -2.62. The van der Waals surface area contributed by atoms with Gasteiger partial charge in [-0.15, -0.1) is 11.6 Å². The second-order valence-corrected chi connectivity index (χ2v) is 5.30. The molecule has 0 bridgehead atoms. The fourth-order valence-electron chi connectivity index (χ4n) is 0.894. The molecule has 108 valence electrons. The van der Waals surface area contributed by atoms with E-state index in [0.717, 1.165) is 18.2 Å². The van der Waals surface area contributed by atoms with Gasteiger partial charge in [-0.05, 0) is 6.42 Å². The van der Waals surface area contributed by atoms with Crippen LogP contribution in [0.5, 0.6) is 0 Å². The highest BCUT2D eigenvalue weighted by Crippen LogP contribution is 2.23. The van der Waals surface area contributed by atoms with E-state index in [0.29, 0.717) is 6.42 Å². The van der Waals surface area contributed by atoms with Crippen molar-refractivity contribution in [2.24, 2.45) is 0 Å². The van der Waals surface area contributed by atoms with E-state index in [-0.39, 0.29) is 17.5 Å². The summed E-state index contributed by atoms with van der Waals surface area (Å²) in [4.78, 5) is 11.1. The second kappa shape index (κ2) is 8.98. The fourth-order valence-corrected chi connectivity index (χ4v) is 1.98. The minimum Gasteiger partial charge on any atom is -0.373 e. The average Bonchev–Trinajstić information content (AvgIpc) is 2.26. The van der Waals surface area contributed by atoms with Gasteiger partial charge in [0, 0.05) is 12.2 Å². The average molecular weight is 311 g/mol. The third-order valence-corrected chi connectivity index (χ3v) is 3.35. The standard InChI is InChI=1S/C10H15ClF4O2S/c1-2-3-8(16)18-5-7(11)4-17-6-10(14,15)9(12)13/h7,9H,2-6H2,1H3. The minimum atomic E-state index is -4.16. The van der Waals surface area contributed by atoms with Gasteiger partial charge in [-0.3, -0.25) is 4.79 Å². The minimum absolute atomic E-state index is 0.0407. The molecule has 0 saturated heterocycles. The highest BCUT2D eigenvalue weighted by atomic mass is 35.5. The van der Waals surface area contributed by atoms with E-state index in [1.807, 2.05) is 6.92 Å². The van der Waals surface area contributed by atoms with Gasteiger partial charge in [-0.2, -0.15) is 8.78 Å². The molecular formula is C10H15ClF4O2S. The summed E-state index contributed by atoms with van der Waals surface area (Å²) in [5.74, 6) is -3.96. The Kier molecular flexibility index (Phi) is 8.98. The van der Waals surface area contributed by atoms with Crippen molar-refractivity contribution >= 4 is 28.5 Å². The van der Waals surface area contributed by atoms with Gasteiger partial charge in [0.2, 0.25) is 0 Å². The van der Waals surface area contributed by atoms with E-state index in [1.165, 1.54) is 0 Å². The molecule has 0 N–H and O–H groups in total. The van der Waals surface area contributed by atoms with Crippen LogP contribution in [-0.4, -0.2) is 41.8 Å². The number of hydrogen-bond donors (Lipinski definition) is 0. The second-order valence-electron chi connectivity index (χ2n) is 3.61. The zero-order valence-electron chi connectivity index (χ0n) is 9.80. The third-order valence-electron chi connectivity index (χ3n) is 1.79. The molecule has 0 saturated carbocycles. The lowest BCUT2D eigenvalue weighted by Crippen LogP contribution is -2.33. The summed E-state index contributed by atoms with van der Waals surface area (Å²) >= 11 is 6.69. The summed E-state index contributed by atoms with van der Waals surface area (Å²) in [5.41, 5.74) is 0. The van der Waals surface area contributed by atoms with E-state index >= 15 is 0 Å². The van der Waals surface area contributed by atoms with Crippen molar-refractivity contribution in [2.45, 2.75) is 37.5 Å². The number of thioether (sulfide) groups is 1. The molecule has 0 aromatic rings. The zero-order valence-corrected chi connectivity index (χ0v) is 11.4. The largest absolute Gasteiger partial charge is 0.373 e. The Morgan fingerprint density at radius 2 is 2.06 bits per heavy atom. The molecule has 2 nitrogen and oxygen atoms in total. The number of halogens is 5. The first-order valence-corrected chi connectivity index (χ1v) is 6.75. The number of alkyl halides is 5. The van der Waals surface area contributed by atoms with Crippen molar-refractivity contribution in [3.8, 4) is 0 Å². The van der Waals surface area contributed by atoms with Crippen LogP contribution in [-0.2, 0) is 9.53 Å². The molecule has 0 aliphatic heterocycles. The molecule has 18 heavy (non-hydrogen) atoms. The topological polar surface area (TPSA) is 26.3 Å². The van der Waals surface area contributed by atoms with Crippen molar-refractivity contribution in [1.29, 1.82) is 0 Å². The van der Waals surface area contributed by atoms with E-state index in [9.17, 15) is 22.4 Å². The third kappa shape index (κ3) is 8.16. The van der Waals surface area contributed by atoms with Crippen molar-refractivity contribution in [3.63, 3.8) is 0 Å². The quantitative estimate of drug-likeness (QED) is 0.481. The van der Waals surface area contributed by atoms with Crippen molar-refractivity contribution < 1.29 is 27.1 Å². The molecule has 0 aliphatic carbocycles. The summed E-state index contributed by atoms with van der Waals surface area (Å²) < 4.78 is 52.8. The molecule has 0 spiro atoms. The van der Waals surface area contributed by atoms with Gasteiger partial charge in [0.25, 0.3) is 0 Å². The molecule has 8 heteroatoms. The molecule has 0 amide bonds. The summed E-state index contributed by atoms with van der Waals surface area (Å²) in [6.45, 7) is 0.184. The molecule has 0 fully saturated rings. The van der Waals surface area contributed by atoms with E-state index in [1.54, 1.807) is 0 Å². The van der Waals surface area contributed by atoms with Crippen LogP contribution in [0, 0.1) is 0 Å². The first kappa shape index (κ1) is 18.0. The molecule has 0 heterocycles. The maximum absolute atomic E-state index is 12.4. The Bertz CT molecular complexity index is 254. The summed E-state index contributed by atoms with van der Waals surface area (Å²) in [7, 11) is 0. The number of hydrogen-bond acceptors (Lipinski definition) is 3. The van der Waals surface area contributed by atoms with Crippen molar-refractivity contribution in [3.05, 3.63) is 0 Å². The highest BCUT2D eigenvalue weighted by molar-refractivity contribution is 8.13. The highest BCUT2D eigenvalue weighted by Gasteiger charge is 2.41. The van der Waals surface area contributed by atoms with Crippen LogP contribution in [0.4, 0.5) is 17.6 Å². The van der Waals surface area contributed by atoms with Gasteiger partial charge in [0.1, 0.15) is 6.61 Å². The summed E-state index contributed by atoms with van der Waals surface area (Å²) in [5, 5.41) is -0.703. The summed E-state index contributed by atoms with van der Waals surface area (Å²) in [6, 6.07) is 0. The van der Waals surface area contributed by atoms with Gasteiger partial charge in [-0.1, -0.05) is 18.7 Å². The van der Waals surface area contributed by atoms with E-state index < -0.39 is 24.3 Å². The Morgan fingerprint density at radius 1 is 1.44 bits per heavy atom. The smallest absolute Gasteiger partial charge is 0.330 e. The van der Waals surface area contributed by atoms with Gasteiger partial charge in [0.05, 0.1) is 12.0 Å². The number of carbonyl (C=O) groups is 1. The van der Waals surface area contributed by atoms with Crippen LogP contribution in [0.3, 0.4) is 0 Å². The molecule has 0 radical (unpaired) electrons. The Morgan fingerprint density at radius 3 is 2.56 bits per heavy atom. The Hall–Kier alpha value is -0.0100. The molecule has 0 aromatic carbocycles. The lowest BCUT2D eigenvalue weighted by atomic mass is 10.4. The lowest BCUT2D eigenvalue weighted by molar-refractivity contribution is -0.165. The van der Waals surface area contributed by atoms with Gasteiger partial charge in [-0.25, -0.2) is 8.78 Å². The first-order valence-electron chi connectivity index (χ1n) is 5.33. The lowest BCUT2D eigenvalue weighted by Gasteiger charge is -2.16. The first-order chi connectivity index (χ1) is 8.29. The van der Waals surface area contributed by atoms with Crippen LogP contribution >= 0.6 is 23.4 Å². The number of rotatable bonds is 9. The van der Waals surface area contributed by atoms with Gasteiger partial charge < -0.3 is 4.74 Å². The number of ether oxygens (including phenoxy) is 1. The predicted octanol–water partition coefficient (Wildman–Crippen LogP) is 3.57. The van der Waals surface area contributed by atoms with Crippen molar-refractivity contribution in [2.75, 3.05) is 19.0 Å². The predicted molar refractivity (Wildman–Crippen MR) is 63.8 cm³/mol. The normalized spacial score (nSPS) is 13.9. The SMILES string of the molecule is CCCC(=O)SCC(Cl)COCC(F)(F)C(F)F. The number of carbonyl (C=O) groups excluding carboxylic acids is 1. The molecule has 0 aliphatic rings. The van der Waals surface area contributed by atoms with Crippen LogP contribution in [0.25, 0.3) is 0 Å². The Labute approximate surface area is 112 Å². The Balaban J connectivity index is 3.71. The zero-order chi connectivity index (χ0) is 14.2. The molecule has 1 unspecified atom stereocenters. The maximum Gasteiger partial charge on any atom is 0.330 e. The van der Waals surface area contributed by atoms with Gasteiger partial charge in [0.15, 0.2) is 5.12 Å².